The predicted octanol–water partition coefficient (Wildman–Crippen LogP) is 4.53. The van der Waals surface area contributed by atoms with Crippen LogP contribution in [0.3, 0.4) is 0 Å². The molecule has 0 bridgehead atoms. The normalized spacial score (nSPS) is 12.4. The van der Waals surface area contributed by atoms with Crippen molar-refractivity contribution < 1.29 is 5.11 Å². The van der Waals surface area contributed by atoms with Gasteiger partial charge in [0, 0.05) is 9.99 Å². The zero-order valence-corrected chi connectivity index (χ0v) is 12.9. The molecule has 1 atom stereocenters. The second-order valence-corrected chi connectivity index (χ2v) is 5.89. The Bertz CT molecular complexity index is 554. The Hall–Kier alpha value is -0.580. The van der Waals surface area contributed by atoms with Crippen molar-refractivity contribution >= 4 is 34.2 Å². The maximum Gasteiger partial charge on any atom is 0.0831 e. The Morgan fingerprint density at radius 2 is 1.94 bits per heavy atom. The van der Waals surface area contributed by atoms with Gasteiger partial charge in [0.2, 0.25) is 0 Å². The van der Waals surface area contributed by atoms with E-state index in [0.717, 1.165) is 9.13 Å². The zero-order chi connectivity index (χ0) is 13.1. The average molecular weight is 373 g/mol. The highest BCUT2D eigenvalue weighted by atomic mass is 127. The van der Waals surface area contributed by atoms with Crippen molar-refractivity contribution in [2.75, 3.05) is 0 Å². The van der Waals surface area contributed by atoms with E-state index in [1.54, 1.807) is 0 Å². The molecule has 18 heavy (non-hydrogen) atoms. The second kappa shape index (κ2) is 6.04. The van der Waals surface area contributed by atoms with Crippen LogP contribution in [-0.4, -0.2) is 5.11 Å². The van der Waals surface area contributed by atoms with Crippen molar-refractivity contribution in [2.24, 2.45) is 0 Å². The summed E-state index contributed by atoms with van der Waals surface area (Å²) in [5.74, 6) is 0. The Morgan fingerprint density at radius 1 is 1.22 bits per heavy atom. The molecule has 0 fully saturated rings. The summed E-state index contributed by atoms with van der Waals surface area (Å²) in [5.41, 5.74) is 3.23. The van der Waals surface area contributed by atoms with Gasteiger partial charge in [0.25, 0.3) is 0 Å². The van der Waals surface area contributed by atoms with E-state index >= 15 is 0 Å². The molecule has 0 saturated carbocycles. The van der Waals surface area contributed by atoms with Crippen molar-refractivity contribution in [1.82, 2.24) is 0 Å². The Balaban J connectivity index is 2.19. The number of aliphatic hydroxyl groups excluding tert-OH is 1. The van der Waals surface area contributed by atoms with Crippen molar-refractivity contribution in [3.8, 4) is 0 Å². The molecule has 0 amide bonds. The van der Waals surface area contributed by atoms with Gasteiger partial charge in [0.05, 0.1) is 11.1 Å². The van der Waals surface area contributed by atoms with Crippen LogP contribution in [0.2, 0.25) is 5.02 Å². The molecule has 0 radical (unpaired) electrons. The molecule has 1 unspecified atom stereocenters. The largest absolute Gasteiger partial charge is 0.388 e. The minimum absolute atomic E-state index is 0.513. The van der Waals surface area contributed by atoms with Crippen LogP contribution in [0.5, 0.6) is 0 Å². The molecule has 1 N–H and O–H groups in total. The smallest absolute Gasteiger partial charge is 0.0831 e. The van der Waals surface area contributed by atoms with Crippen LogP contribution in [0.15, 0.2) is 42.5 Å². The summed E-state index contributed by atoms with van der Waals surface area (Å²) in [5, 5.41) is 10.9. The van der Waals surface area contributed by atoms with E-state index in [0.29, 0.717) is 11.4 Å². The molecule has 2 aromatic rings. The van der Waals surface area contributed by atoms with Gasteiger partial charge in [0.1, 0.15) is 0 Å². The lowest BCUT2D eigenvalue weighted by molar-refractivity contribution is 0.178. The SMILES string of the molecule is Cc1ccccc1CC(O)c1ccc(I)c(Cl)c1. The van der Waals surface area contributed by atoms with Gasteiger partial charge >= 0.3 is 0 Å². The van der Waals surface area contributed by atoms with Crippen molar-refractivity contribution in [2.45, 2.75) is 19.4 Å². The van der Waals surface area contributed by atoms with Crippen LogP contribution in [0.4, 0.5) is 0 Å². The van der Waals surface area contributed by atoms with E-state index in [9.17, 15) is 5.11 Å². The maximum atomic E-state index is 10.3. The topological polar surface area (TPSA) is 20.2 Å². The number of halogens is 2. The fourth-order valence-corrected chi connectivity index (χ4v) is 2.41. The standard InChI is InChI=1S/C15H14ClIO/c1-10-4-2-3-5-11(10)9-15(18)12-6-7-14(17)13(16)8-12/h2-8,15,18H,9H2,1H3. The van der Waals surface area contributed by atoms with Gasteiger partial charge in [-0.1, -0.05) is 41.9 Å². The van der Waals surface area contributed by atoms with Crippen LogP contribution in [0, 0.1) is 10.5 Å². The number of hydrogen-bond donors (Lipinski definition) is 1. The lowest BCUT2D eigenvalue weighted by atomic mass is 9.98. The molecule has 0 saturated heterocycles. The number of aryl methyl sites for hydroxylation is 1. The molecule has 1 nitrogen and oxygen atoms in total. The first-order valence-electron chi connectivity index (χ1n) is 5.75. The molecule has 3 heteroatoms. The highest BCUT2D eigenvalue weighted by Crippen LogP contribution is 2.25. The van der Waals surface area contributed by atoms with Crippen LogP contribution in [0.25, 0.3) is 0 Å². The van der Waals surface area contributed by atoms with Gasteiger partial charge in [-0.05, 0) is 58.3 Å². The van der Waals surface area contributed by atoms with Gasteiger partial charge in [-0.3, -0.25) is 0 Å². The Morgan fingerprint density at radius 3 is 2.61 bits per heavy atom. The van der Waals surface area contributed by atoms with E-state index in [4.69, 9.17) is 11.6 Å². The molecule has 2 aromatic carbocycles. The third-order valence-electron chi connectivity index (χ3n) is 3.00. The molecular weight excluding hydrogens is 359 g/mol. The summed E-state index contributed by atoms with van der Waals surface area (Å²) in [6, 6.07) is 13.8. The van der Waals surface area contributed by atoms with Crippen LogP contribution in [0.1, 0.15) is 22.8 Å². The maximum absolute atomic E-state index is 10.3. The van der Waals surface area contributed by atoms with Crippen LogP contribution >= 0.6 is 34.2 Å². The lowest BCUT2D eigenvalue weighted by Gasteiger charge is -2.13. The summed E-state index contributed by atoms with van der Waals surface area (Å²) < 4.78 is 1.00. The number of aliphatic hydroxyl groups is 1. The van der Waals surface area contributed by atoms with Gasteiger partial charge in [-0.15, -0.1) is 0 Å². The monoisotopic (exact) mass is 372 g/mol. The molecule has 0 spiro atoms. The first-order chi connectivity index (χ1) is 8.58. The zero-order valence-electron chi connectivity index (χ0n) is 10.0. The van der Waals surface area contributed by atoms with Gasteiger partial charge in [0.15, 0.2) is 0 Å². The minimum Gasteiger partial charge on any atom is -0.388 e. The van der Waals surface area contributed by atoms with E-state index in [1.807, 2.05) is 36.4 Å². The van der Waals surface area contributed by atoms with Crippen LogP contribution in [-0.2, 0) is 6.42 Å². The van der Waals surface area contributed by atoms with Crippen molar-refractivity contribution in [1.29, 1.82) is 0 Å². The molecule has 94 valence electrons. The third kappa shape index (κ3) is 3.25. The molecule has 0 aliphatic carbocycles. The molecule has 0 heterocycles. The quantitative estimate of drug-likeness (QED) is 0.785. The molecule has 0 aliphatic heterocycles. The molecule has 2 rings (SSSR count). The Kier molecular flexibility index (Phi) is 4.65. The van der Waals surface area contributed by atoms with Gasteiger partial charge in [-0.2, -0.15) is 0 Å². The minimum atomic E-state index is -0.513. The molecule has 0 aliphatic rings. The summed E-state index contributed by atoms with van der Waals surface area (Å²) in [7, 11) is 0. The molecule has 0 aromatic heterocycles. The van der Waals surface area contributed by atoms with Crippen LogP contribution < -0.4 is 0 Å². The van der Waals surface area contributed by atoms with E-state index in [2.05, 4.69) is 35.6 Å². The second-order valence-electron chi connectivity index (χ2n) is 4.32. The van der Waals surface area contributed by atoms with Gasteiger partial charge < -0.3 is 5.11 Å². The summed E-state index contributed by atoms with van der Waals surface area (Å²) in [6.07, 6.45) is 0.101. The van der Waals surface area contributed by atoms with E-state index in [1.165, 1.54) is 11.1 Å². The summed E-state index contributed by atoms with van der Waals surface area (Å²) in [6.45, 7) is 2.06. The van der Waals surface area contributed by atoms with E-state index in [-0.39, 0.29) is 0 Å². The van der Waals surface area contributed by atoms with E-state index < -0.39 is 6.10 Å². The fourth-order valence-electron chi connectivity index (χ4n) is 1.88. The highest BCUT2D eigenvalue weighted by molar-refractivity contribution is 14.1. The van der Waals surface area contributed by atoms with Crippen molar-refractivity contribution in [3.63, 3.8) is 0 Å². The van der Waals surface area contributed by atoms with Gasteiger partial charge in [-0.25, -0.2) is 0 Å². The van der Waals surface area contributed by atoms with Crippen molar-refractivity contribution in [3.05, 3.63) is 67.7 Å². The predicted molar refractivity (Wildman–Crippen MR) is 84.0 cm³/mol. The number of benzene rings is 2. The number of rotatable bonds is 3. The number of hydrogen-bond acceptors (Lipinski definition) is 1. The first-order valence-corrected chi connectivity index (χ1v) is 7.21. The third-order valence-corrected chi connectivity index (χ3v) is 4.58. The Labute approximate surface area is 126 Å². The average Bonchev–Trinajstić information content (AvgIpc) is 2.35. The lowest BCUT2D eigenvalue weighted by Crippen LogP contribution is -2.03. The molecular formula is C15H14ClIO. The first kappa shape index (κ1) is 13.8. The summed E-state index contributed by atoms with van der Waals surface area (Å²) >= 11 is 8.25. The highest BCUT2D eigenvalue weighted by Gasteiger charge is 2.11. The fraction of sp³-hybridized carbons (Fsp3) is 0.200. The summed E-state index contributed by atoms with van der Waals surface area (Å²) in [4.78, 5) is 0.